The summed E-state index contributed by atoms with van der Waals surface area (Å²) in [5.74, 6) is -0.938. The van der Waals surface area contributed by atoms with Gasteiger partial charge in [-0.1, -0.05) is 0 Å². The molecule has 7 heteroatoms. The summed E-state index contributed by atoms with van der Waals surface area (Å²) in [5, 5.41) is 0. The maximum atomic E-state index is 11.1. The van der Waals surface area contributed by atoms with E-state index in [1.54, 1.807) is 0 Å². The Hall–Kier alpha value is -1.37. The van der Waals surface area contributed by atoms with E-state index in [1.807, 2.05) is 4.72 Å². The molecule has 0 unspecified atom stereocenters. The van der Waals surface area contributed by atoms with E-state index < -0.39 is 15.9 Å². The van der Waals surface area contributed by atoms with Gasteiger partial charge in [0.1, 0.15) is 6.26 Å². The van der Waals surface area contributed by atoms with Crippen molar-refractivity contribution in [2.45, 2.75) is 6.92 Å². The lowest BCUT2D eigenvalue weighted by Crippen LogP contribution is -2.31. The summed E-state index contributed by atoms with van der Waals surface area (Å²) < 4.78 is 28.2. The van der Waals surface area contributed by atoms with Gasteiger partial charge in [-0.05, 0) is 6.92 Å². The fraction of sp³-hybridized carbons (Fsp3) is 0.333. The van der Waals surface area contributed by atoms with E-state index in [2.05, 4.69) is 9.40 Å². The van der Waals surface area contributed by atoms with Crippen molar-refractivity contribution in [2.24, 2.45) is 0 Å². The number of aromatic nitrogens is 1. The van der Waals surface area contributed by atoms with Crippen molar-refractivity contribution in [3.63, 3.8) is 0 Å². The zero-order chi connectivity index (χ0) is 9.90. The second-order valence-electron chi connectivity index (χ2n) is 2.21. The van der Waals surface area contributed by atoms with Crippen LogP contribution in [0.5, 0.6) is 0 Å². The van der Waals surface area contributed by atoms with Crippen LogP contribution in [-0.2, 0) is 10.0 Å². The first-order valence-corrected chi connectivity index (χ1v) is 5.13. The summed E-state index contributed by atoms with van der Waals surface area (Å²) in [6, 6.07) is 0. The Morgan fingerprint density at radius 1 is 1.69 bits per heavy atom. The predicted molar refractivity (Wildman–Crippen MR) is 43.4 cm³/mol. The minimum atomic E-state index is -3.53. The van der Waals surface area contributed by atoms with Crippen LogP contribution in [0.3, 0.4) is 0 Å². The third kappa shape index (κ3) is 2.55. The monoisotopic (exact) mass is 204 g/mol. The molecule has 1 rings (SSSR count). The zero-order valence-corrected chi connectivity index (χ0v) is 7.67. The summed E-state index contributed by atoms with van der Waals surface area (Å²) in [4.78, 5) is 14.6. The Morgan fingerprint density at radius 3 is 2.85 bits per heavy atom. The second-order valence-corrected chi connectivity index (χ2v) is 4.22. The fourth-order valence-electron chi connectivity index (χ4n) is 0.590. The molecule has 0 aromatic carbocycles. The normalized spacial score (nSPS) is 11.2. The molecule has 0 saturated heterocycles. The molecule has 72 valence electrons. The molecule has 13 heavy (non-hydrogen) atoms. The van der Waals surface area contributed by atoms with E-state index in [1.165, 1.54) is 6.92 Å². The van der Waals surface area contributed by atoms with Crippen molar-refractivity contribution in [3.05, 3.63) is 18.4 Å². The maximum Gasteiger partial charge on any atom is 0.286 e. The van der Waals surface area contributed by atoms with Crippen LogP contribution in [0.15, 0.2) is 17.1 Å². The average molecular weight is 204 g/mol. The number of rotatable bonds is 3. The van der Waals surface area contributed by atoms with Crippen LogP contribution < -0.4 is 4.72 Å². The van der Waals surface area contributed by atoms with Gasteiger partial charge < -0.3 is 4.42 Å². The largest absolute Gasteiger partial charge is 0.451 e. The number of carbonyl (C=O) groups excluding carboxylic acids is 1. The molecule has 1 amide bonds. The summed E-state index contributed by atoms with van der Waals surface area (Å²) in [6.45, 7) is 1.43. The van der Waals surface area contributed by atoms with Gasteiger partial charge in [0.2, 0.25) is 10.0 Å². The van der Waals surface area contributed by atoms with Crippen LogP contribution in [0, 0.1) is 0 Å². The molecule has 0 bridgehead atoms. The van der Waals surface area contributed by atoms with E-state index in [9.17, 15) is 13.2 Å². The molecule has 0 aliphatic carbocycles. The van der Waals surface area contributed by atoms with Crippen molar-refractivity contribution in [1.82, 2.24) is 9.71 Å². The second kappa shape index (κ2) is 3.56. The Balaban J connectivity index is 2.73. The predicted octanol–water partition coefficient (Wildman–Crippen LogP) is -0.246. The number of sulfonamides is 1. The molecule has 0 fully saturated rings. The van der Waals surface area contributed by atoms with Gasteiger partial charge in [-0.3, -0.25) is 4.79 Å². The van der Waals surface area contributed by atoms with Crippen LogP contribution in [0.1, 0.15) is 17.4 Å². The van der Waals surface area contributed by atoms with Gasteiger partial charge in [-0.2, -0.15) is 0 Å². The number of oxazole rings is 1. The third-order valence-electron chi connectivity index (χ3n) is 1.29. The average Bonchev–Trinajstić information content (AvgIpc) is 2.55. The zero-order valence-electron chi connectivity index (χ0n) is 6.85. The van der Waals surface area contributed by atoms with E-state index in [0.717, 1.165) is 12.7 Å². The molecule has 0 aliphatic rings. The lowest BCUT2D eigenvalue weighted by Gasteiger charge is -2.00. The van der Waals surface area contributed by atoms with E-state index in [-0.39, 0.29) is 11.4 Å². The topological polar surface area (TPSA) is 89.3 Å². The van der Waals surface area contributed by atoms with Crippen LogP contribution in [0.4, 0.5) is 0 Å². The molecule has 0 aliphatic heterocycles. The number of nitrogens with zero attached hydrogens (tertiary/aromatic N) is 1. The maximum absolute atomic E-state index is 11.1. The number of hydrogen-bond donors (Lipinski definition) is 1. The first-order chi connectivity index (χ1) is 6.05. The van der Waals surface area contributed by atoms with Gasteiger partial charge in [0.15, 0.2) is 12.1 Å². The summed E-state index contributed by atoms with van der Waals surface area (Å²) in [7, 11) is -3.53. The lowest BCUT2D eigenvalue weighted by atomic mass is 10.5. The van der Waals surface area contributed by atoms with Crippen LogP contribution in [-0.4, -0.2) is 25.1 Å². The summed E-state index contributed by atoms with van der Waals surface area (Å²) in [5.41, 5.74) is -0.0583. The van der Waals surface area contributed by atoms with Crippen molar-refractivity contribution in [2.75, 3.05) is 5.75 Å². The first kappa shape index (κ1) is 9.72. The number of amides is 1. The molecular formula is C6H8N2O4S. The van der Waals surface area contributed by atoms with Crippen molar-refractivity contribution in [1.29, 1.82) is 0 Å². The van der Waals surface area contributed by atoms with Gasteiger partial charge in [-0.25, -0.2) is 18.1 Å². The van der Waals surface area contributed by atoms with Crippen LogP contribution in [0.2, 0.25) is 0 Å². The summed E-state index contributed by atoms with van der Waals surface area (Å²) >= 11 is 0. The molecule has 0 radical (unpaired) electrons. The number of nitrogens with one attached hydrogen (secondary N) is 1. The number of carbonyl (C=O) groups is 1. The van der Waals surface area contributed by atoms with Crippen molar-refractivity contribution in [3.8, 4) is 0 Å². The van der Waals surface area contributed by atoms with Gasteiger partial charge in [0.05, 0.1) is 5.75 Å². The van der Waals surface area contributed by atoms with Crippen molar-refractivity contribution >= 4 is 15.9 Å². The van der Waals surface area contributed by atoms with E-state index in [0.29, 0.717) is 0 Å². The molecule has 1 heterocycles. The Bertz CT molecular complexity index is 381. The summed E-state index contributed by atoms with van der Waals surface area (Å²) in [6.07, 6.45) is 2.12. The highest BCUT2D eigenvalue weighted by atomic mass is 32.2. The Kier molecular flexibility index (Phi) is 2.66. The fourth-order valence-corrected chi connectivity index (χ4v) is 1.12. The number of hydrogen-bond acceptors (Lipinski definition) is 5. The quantitative estimate of drug-likeness (QED) is 0.733. The minimum absolute atomic E-state index is 0.0583. The molecule has 1 aromatic rings. The molecule has 0 saturated carbocycles. The van der Waals surface area contributed by atoms with Gasteiger partial charge in [0.25, 0.3) is 5.91 Å². The van der Waals surface area contributed by atoms with E-state index >= 15 is 0 Å². The standard InChI is InChI=1S/C6H8N2O4S/c1-2-13(10,11)8-6(9)5-3-12-4-7-5/h3-4H,2H2,1H3,(H,8,9). The molecule has 0 atom stereocenters. The molecular weight excluding hydrogens is 196 g/mol. The lowest BCUT2D eigenvalue weighted by molar-refractivity contribution is 0.0976. The smallest absolute Gasteiger partial charge is 0.286 e. The molecule has 0 spiro atoms. The minimum Gasteiger partial charge on any atom is -0.451 e. The van der Waals surface area contributed by atoms with Gasteiger partial charge in [0, 0.05) is 0 Å². The molecule has 6 nitrogen and oxygen atoms in total. The van der Waals surface area contributed by atoms with Crippen molar-refractivity contribution < 1.29 is 17.6 Å². The highest BCUT2D eigenvalue weighted by Gasteiger charge is 2.15. The van der Waals surface area contributed by atoms with Crippen LogP contribution >= 0.6 is 0 Å². The SMILES string of the molecule is CCS(=O)(=O)NC(=O)c1cocn1. The van der Waals surface area contributed by atoms with Gasteiger partial charge >= 0.3 is 0 Å². The Labute approximate surface area is 75.0 Å². The molecule has 1 N–H and O–H groups in total. The molecule has 1 aromatic heterocycles. The Morgan fingerprint density at radius 2 is 2.38 bits per heavy atom. The highest BCUT2D eigenvalue weighted by Crippen LogP contribution is 1.95. The van der Waals surface area contributed by atoms with Gasteiger partial charge in [-0.15, -0.1) is 0 Å². The van der Waals surface area contributed by atoms with Crippen LogP contribution in [0.25, 0.3) is 0 Å². The van der Waals surface area contributed by atoms with E-state index in [4.69, 9.17) is 0 Å². The third-order valence-corrected chi connectivity index (χ3v) is 2.55. The first-order valence-electron chi connectivity index (χ1n) is 3.48. The highest BCUT2D eigenvalue weighted by molar-refractivity contribution is 7.90.